The fourth-order valence-electron chi connectivity index (χ4n) is 4.94. The lowest BCUT2D eigenvalue weighted by Crippen LogP contribution is -2.45. The van der Waals surface area contributed by atoms with Gasteiger partial charge in [-0.2, -0.15) is 0 Å². The number of nitrogen functional groups attached to an aromatic ring is 1. The van der Waals surface area contributed by atoms with E-state index in [-0.39, 0.29) is 12.0 Å². The van der Waals surface area contributed by atoms with Gasteiger partial charge in [-0.25, -0.2) is 4.98 Å². The van der Waals surface area contributed by atoms with Crippen molar-refractivity contribution < 1.29 is 4.79 Å². The van der Waals surface area contributed by atoms with Gasteiger partial charge in [-0.3, -0.25) is 14.7 Å². The Hall–Kier alpha value is -2.73. The predicted octanol–water partition coefficient (Wildman–Crippen LogP) is 3.78. The van der Waals surface area contributed by atoms with E-state index in [1.165, 1.54) is 5.56 Å². The first kappa shape index (κ1) is 21.5. The van der Waals surface area contributed by atoms with Gasteiger partial charge < -0.3 is 10.6 Å². The maximum atomic E-state index is 13.1. The fourth-order valence-corrected chi connectivity index (χ4v) is 4.94. The van der Waals surface area contributed by atoms with E-state index >= 15 is 0 Å². The molecule has 0 bridgehead atoms. The zero-order chi connectivity index (χ0) is 21.8. The van der Waals surface area contributed by atoms with E-state index in [2.05, 4.69) is 33.3 Å². The third-order valence-corrected chi connectivity index (χ3v) is 7.01. The summed E-state index contributed by atoms with van der Waals surface area (Å²) in [6.07, 6.45) is 7.37. The minimum atomic E-state index is 0.140. The molecule has 2 aromatic heterocycles. The van der Waals surface area contributed by atoms with Crippen LogP contribution in [0.1, 0.15) is 49.9 Å². The average molecular weight is 420 g/mol. The SMILES string of the molecule is C=C(c1ccccn1)C1CCN(C(=O)C2CCN(C(C)c3ccnc(N)c3)CC2)CC1. The maximum Gasteiger partial charge on any atom is 0.225 e. The Labute approximate surface area is 185 Å². The molecule has 2 fully saturated rings. The number of nitrogens with two attached hydrogens (primary N) is 1. The Morgan fingerprint density at radius 3 is 2.39 bits per heavy atom. The summed E-state index contributed by atoms with van der Waals surface area (Å²) >= 11 is 0. The van der Waals surface area contributed by atoms with Gasteiger partial charge in [0.05, 0.1) is 5.69 Å². The van der Waals surface area contributed by atoms with Crippen LogP contribution in [0.25, 0.3) is 5.57 Å². The highest BCUT2D eigenvalue weighted by Crippen LogP contribution is 2.32. The van der Waals surface area contributed by atoms with Crippen molar-refractivity contribution in [3.8, 4) is 0 Å². The number of pyridine rings is 2. The molecule has 1 unspecified atom stereocenters. The summed E-state index contributed by atoms with van der Waals surface area (Å²) in [5.41, 5.74) is 9.11. The van der Waals surface area contributed by atoms with Crippen molar-refractivity contribution in [3.05, 3.63) is 60.6 Å². The molecule has 2 N–H and O–H groups in total. The van der Waals surface area contributed by atoms with Gasteiger partial charge in [-0.15, -0.1) is 0 Å². The van der Waals surface area contributed by atoms with Crippen molar-refractivity contribution >= 4 is 17.3 Å². The smallest absolute Gasteiger partial charge is 0.225 e. The molecule has 0 aliphatic carbocycles. The Morgan fingerprint density at radius 1 is 1.03 bits per heavy atom. The predicted molar refractivity (Wildman–Crippen MR) is 124 cm³/mol. The number of anilines is 1. The standard InChI is InChI=1S/C25H33N5O/c1-18(23-5-3-4-11-27-23)20-7-15-30(16-8-20)25(31)21-9-13-29(14-10-21)19(2)22-6-12-28-24(26)17-22/h3-6,11-12,17,19-21H,1,7-10,13-16H2,2H3,(H2,26,28). The topological polar surface area (TPSA) is 75.4 Å². The molecular weight excluding hydrogens is 386 g/mol. The lowest BCUT2D eigenvalue weighted by Gasteiger charge is -2.39. The lowest BCUT2D eigenvalue weighted by atomic mass is 9.86. The molecule has 0 saturated carbocycles. The van der Waals surface area contributed by atoms with Crippen molar-refractivity contribution in [3.63, 3.8) is 0 Å². The molecule has 4 rings (SSSR count). The second-order valence-electron chi connectivity index (χ2n) is 8.84. The quantitative estimate of drug-likeness (QED) is 0.798. The summed E-state index contributed by atoms with van der Waals surface area (Å²) in [7, 11) is 0. The van der Waals surface area contributed by atoms with E-state index in [9.17, 15) is 4.79 Å². The van der Waals surface area contributed by atoms with E-state index in [4.69, 9.17) is 5.73 Å². The van der Waals surface area contributed by atoms with Crippen molar-refractivity contribution in [1.82, 2.24) is 19.8 Å². The molecule has 6 nitrogen and oxygen atoms in total. The zero-order valence-electron chi connectivity index (χ0n) is 18.4. The van der Waals surface area contributed by atoms with E-state index in [0.29, 0.717) is 17.6 Å². The summed E-state index contributed by atoms with van der Waals surface area (Å²) in [6.45, 7) is 10.0. The molecule has 2 aliphatic heterocycles. The Bertz CT molecular complexity index is 899. The van der Waals surface area contributed by atoms with Crippen molar-refractivity contribution in [1.29, 1.82) is 0 Å². The first-order chi connectivity index (χ1) is 15.0. The monoisotopic (exact) mass is 419 g/mol. The summed E-state index contributed by atoms with van der Waals surface area (Å²) in [6, 6.07) is 10.2. The highest BCUT2D eigenvalue weighted by molar-refractivity contribution is 5.79. The number of carbonyl (C=O) groups excluding carboxylic acids is 1. The number of hydrogen-bond acceptors (Lipinski definition) is 5. The van der Waals surface area contributed by atoms with Gasteiger partial charge in [-0.05, 0) is 87.0 Å². The molecule has 0 spiro atoms. The number of rotatable bonds is 5. The summed E-state index contributed by atoms with van der Waals surface area (Å²) < 4.78 is 0. The molecule has 1 atom stereocenters. The van der Waals surface area contributed by atoms with Crippen molar-refractivity contribution in [2.75, 3.05) is 31.9 Å². The van der Waals surface area contributed by atoms with Crippen LogP contribution in [0, 0.1) is 11.8 Å². The van der Waals surface area contributed by atoms with Gasteiger partial charge in [-0.1, -0.05) is 12.6 Å². The van der Waals surface area contributed by atoms with Gasteiger partial charge in [0.25, 0.3) is 0 Å². The number of aromatic nitrogens is 2. The number of hydrogen-bond donors (Lipinski definition) is 1. The molecule has 4 heterocycles. The second-order valence-corrected chi connectivity index (χ2v) is 8.84. The summed E-state index contributed by atoms with van der Waals surface area (Å²) in [5.74, 6) is 1.45. The van der Waals surface area contributed by atoms with Crippen LogP contribution in [0.5, 0.6) is 0 Å². The van der Waals surface area contributed by atoms with Gasteiger partial charge >= 0.3 is 0 Å². The second kappa shape index (κ2) is 9.60. The maximum absolute atomic E-state index is 13.1. The van der Waals surface area contributed by atoms with Crippen LogP contribution < -0.4 is 5.73 Å². The first-order valence-electron chi connectivity index (χ1n) is 11.4. The van der Waals surface area contributed by atoms with Gasteiger partial charge in [0.2, 0.25) is 5.91 Å². The number of carbonyl (C=O) groups is 1. The molecule has 2 saturated heterocycles. The summed E-state index contributed by atoms with van der Waals surface area (Å²) in [5, 5.41) is 0. The van der Waals surface area contributed by atoms with Gasteiger partial charge in [0.15, 0.2) is 0 Å². The minimum Gasteiger partial charge on any atom is -0.384 e. The van der Waals surface area contributed by atoms with Crippen LogP contribution in [0.3, 0.4) is 0 Å². The van der Waals surface area contributed by atoms with Crippen LogP contribution in [-0.2, 0) is 4.79 Å². The Morgan fingerprint density at radius 2 is 1.74 bits per heavy atom. The first-order valence-corrected chi connectivity index (χ1v) is 11.4. The molecule has 6 heteroatoms. The van der Waals surface area contributed by atoms with Gasteiger partial charge in [0.1, 0.15) is 5.82 Å². The highest BCUT2D eigenvalue weighted by Gasteiger charge is 2.32. The van der Waals surface area contributed by atoms with Crippen LogP contribution >= 0.6 is 0 Å². The number of likely N-dealkylation sites (tertiary alicyclic amines) is 2. The van der Waals surface area contributed by atoms with E-state index in [1.54, 1.807) is 6.20 Å². The molecule has 0 aromatic carbocycles. The fraction of sp³-hybridized carbons (Fsp3) is 0.480. The number of nitrogens with zero attached hydrogens (tertiary/aromatic N) is 4. The number of piperidine rings is 2. The molecular formula is C25H33N5O. The lowest BCUT2D eigenvalue weighted by molar-refractivity contribution is -0.138. The third kappa shape index (κ3) is 4.96. The van der Waals surface area contributed by atoms with E-state index in [0.717, 1.165) is 63.1 Å². The average Bonchev–Trinajstić information content (AvgIpc) is 2.83. The molecule has 0 radical (unpaired) electrons. The van der Waals surface area contributed by atoms with Gasteiger partial charge in [0, 0.05) is 37.4 Å². The molecule has 164 valence electrons. The minimum absolute atomic E-state index is 0.140. The van der Waals surface area contributed by atoms with E-state index in [1.807, 2.05) is 36.5 Å². The van der Waals surface area contributed by atoms with Crippen LogP contribution in [-0.4, -0.2) is 51.9 Å². The van der Waals surface area contributed by atoms with Crippen LogP contribution in [0.4, 0.5) is 5.82 Å². The Balaban J connectivity index is 1.26. The van der Waals surface area contributed by atoms with Crippen LogP contribution in [0.2, 0.25) is 0 Å². The van der Waals surface area contributed by atoms with Crippen molar-refractivity contribution in [2.24, 2.45) is 11.8 Å². The molecule has 31 heavy (non-hydrogen) atoms. The Kier molecular flexibility index (Phi) is 6.66. The van der Waals surface area contributed by atoms with E-state index < -0.39 is 0 Å². The largest absolute Gasteiger partial charge is 0.384 e. The number of allylic oxidation sites excluding steroid dienone is 1. The molecule has 2 aromatic rings. The third-order valence-electron chi connectivity index (χ3n) is 7.01. The zero-order valence-corrected chi connectivity index (χ0v) is 18.4. The highest BCUT2D eigenvalue weighted by atomic mass is 16.2. The van der Waals surface area contributed by atoms with Crippen molar-refractivity contribution in [2.45, 2.75) is 38.6 Å². The normalized spacial score (nSPS) is 19.8. The van der Waals surface area contributed by atoms with Crippen LogP contribution in [0.15, 0.2) is 49.3 Å². The molecule has 1 amide bonds. The summed E-state index contributed by atoms with van der Waals surface area (Å²) in [4.78, 5) is 26.2. The number of amides is 1. The molecule has 2 aliphatic rings.